The van der Waals surface area contributed by atoms with Crippen molar-refractivity contribution in [3.05, 3.63) is 0 Å². The molecule has 4 fully saturated rings. The predicted molar refractivity (Wildman–Crippen MR) is 86.0 cm³/mol. The van der Waals surface area contributed by atoms with Gasteiger partial charge in [-0.05, 0) is 68.2 Å². The Labute approximate surface area is 129 Å². The fourth-order valence-electron chi connectivity index (χ4n) is 6.45. The lowest BCUT2D eigenvalue weighted by Gasteiger charge is -2.64. The third-order valence-corrected chi connectivity index (χ3v) is 6.12. The first kappa shape index (κ1) is 15.3. The van der Waals surface area contributed by atoms with Gasteiger partial charge in [0.25, 0.3) is 0 Å². The number of amides is 1. The van der Waals surface area contributed by atoms with Crippen molar-refractivity contribution in [2.75, 3.05) is 19.6 Å². The van der Waals surface area contributed by atoms with Crippen molar-refractivity contribution in [2.24, 2.45) is 22.2 Å². The molecule has 0 saturated heterocycles. The highest BCUT2D eigenvalue weighted by Gasteiger charge is 2.62. The van der Waals surface area contributed by atoms with Crippen molar-refractivity contribution in [1.82, 2.24) is 10.6 Å². The highest BCUT2D eigenvalue weighted by Crippen LogP contribution is 2.69. The van der Waals surface area contributed by atoms with Crippen molar-refractivity contribution in [2.45, 2.75) is 65.7 Å². The van der Waals surface area contributed by atoms with Crippen LogP contribution >= 0.6 is 0 Å². The van der Waals surface area contributed by atoms with Crippen molar-refractivity contribution in [3.8, 4) is 0 Å². The van der Waals surface area contributed by atoms with E-state index in [9.17, 15) is 4.79 Å². The van der Waals surface area contributed by atoms with Gasteiger partial charge in [-0.25, -0.2) is 0 Å². The van der Waals surface area contributed by atoms with Gasteiger partial charge in [0, 0.05) is 13.1 Å². The van der Waals surface area contributed by atoms with E-state index in [1.807, 2.05) is 0 Å². The van der Waals surface area contributed by atoms with Crippen LogP contribution in [0.15, 0.2) is 0 Å². The lowest BCUT2D eigenvalue weighted by Crippen LogP contribution is -2.60. The Balaban J connectivity index is 1.63. The maximum atomic E-state index is 12.9. The van der Waals surface area contributed by atoms with Crippen LogP contribution in [-0.4, -0.2) is 25.5 Å². The fourth-order valence-corrected chi connectivity index (χ4v) is 6.45. The molecule has 4 aliphatic rings. The summed E-state index contributed by atoms with van der Waals surface area (Å²) in [5, 5.41) is 6.60. The Morgan fingerprint density at radius 3 is 2.24 bits per heavy atom. The van der Waals surface area contributed by atoms with E-state index in [4.69, 9.17) is 0 Å². The minimum Gasteiger partial charge on any atom is -0.354 e. The number of rotatable bonds is 6. The molecular formula is C18H32N2O. The molecule has 4 bridgehead atoms. The van der Waals surface area contributed by atoms with Crippen molar-refractivity contribution < 1.29 is 4.79 Å². The van der Waals surface area contributed by atoms with Crippen molar-refractivity contribution >= 4 is 5.91 Å². The molecule has 120 valence electrons. The standard InChI is InChI=1S/C18H32N2O/c1-4-5-19-6-7-20-15(21)18-10-14-8-16(2,12-18)11-17(3,9-14)13-18/h14,19H,4-13H2,1-3H3,(H,20,21). The Hall–Kier alpha value is -0.570. The SMILES string of the molecule is CCCNCCNC(=O)C12CC3CC(C)(CC(C)(C3)C1)C2. The summed E-state index contributed by atoms with van der Waals surface area (Å²) in [4.78, 5) is 12.9. The summed E-state index contributed by atoms with van der Waals surface area (Å²) in [5.74, 6) is 1.14. The second kappa shape index (κ2) is 5.26. The van der Waals surface area contributed by atoms with Crippen LogP contribution in [0.25, 0.3) is 0 Å². The Kier molecular flexibility index (Phi) is 3.84. The summed E-state index contributed by atoms with van der Waals surface area (Å²) in [5.41, 5.74) is 0.797. The predicted octanol–water partition coefficient (Wildman–Crippen LogP) is 3.10. The number of hydrogen-bond acceptors (Lipinski definition) is 2. The second-order valence-electron chi connectivity index (χ2n) is 8.92. The summed E-state index contributed by atoms with van der Waals surface area (Å²) in [7, 11) is 0. The van der Waals surface area contributed by atoms with Crippen LogP contribution in [0, 0.1) is 22.2 Å². The molecule has 0 radical (unpaired) electrons. The molecule has 2 N–H and O–H groups in total. The summed E-state index contributed by atoms with van der Waals surface area (Å²) in [6.07, 6.45) is 8.60. The second-order valence-corrected chi connectivity index (χ2v) is 8.92. The number of nitrogens with one attached hydrogen (secondary N) is 2. The van der Waals surface area contributed by atoms with Crippen LogP contribution in [0.5, 0.6) is 0 Å². The molecule has 1 amide bonds. The third kappa shape index (κ3) is 2.86. The number of hydrogen-bond donors (Lipinski definition) is 2. The van der Waals surface area contributed by atoms with E-state index in [0.29, 0.717) is 16.7 Å². The molecule has 0 aliphatic heterocycles. The molecule has 4 rings (SSSR count). The van der Waals surface area contributed by atoms with Gasteiger partial charge in [-0.1, -0.05) is 20.8 Å². The van der Waals surface area contributed by atoms with Gasteiger partial charge in [0.2, 0.25) is 5.91 Å². The first-order chi connectivity index (χ1) is 9.89. The summed E-state index contributed by atoms with van der Waals surface area (Å²) >= 11 is 0. The van der Waals surface area contributed by atoms with Gasteiger partial charge in [0.05, 0.1) is 5.41 Å². The Bertz CT molecular complexity index is 401. The highest BCUT2D eigenvalue weighted by atomic mass is 16.2. The molecule has 3 nitrogen and oxygen atoms in total. The zero-order chi connectivity index (χ0) is 15.1. The van der Waals surface area contributed by atoms with Crippen LogP contribution in [0.2, 0.25) is 0 Å². The van der Waals surface area contributed by atoms with Gasteiger partial charge in [-0.15, -0.1) is 0 Å². The van der Waals surface area contributed by atoms with Crippen molar-refractivity contribution in [3.63, 3.8) is 0 Å². The van der Waals surface area contributed by atoms with Crippen LogP contribution in [-0.2, 0) is 4.79 Å². The maximum absolute atomic E-state index is 12.9. The Morgan fingerprint density at radius 1 is 1.00 bits per heavy atom. The molecule has 3 heteroatoms. The molecule has 0 aromatic heterocycles. The third-order valence-electron chi connectivity index (χ3n) is 6.12. The average molecular weight is 292 g/mol. The molecule has 2 atom stereocenters. The van der Waals surface area contributed by atoms with Gasteiger partial charge < -0.3 is 10.6 Å². The minimum atomic E-state index is -0.0479. The summed E-state index contributed by atoms with van der Waals surface area (Å²) in [6.45, 7) is 9.75. The van der Waals surface area contributed by atoms with E-state index < -0.39 is 0 Å². The maximum Gasteiger partial charge on any atom is 0.226 e. The van der Waals surface area contributed by atoms with Gasteiger partial charge >= 0.3 is 0 Å². The molecule has 0 heterocycles. The van der Waals surface area contributed by atoms with Crippen LogP contribution in [0.4, 0.5) is 0 Å². The van der Waals surface area contributed by atoms with Crippen LogP contribution in [0.1, 0.15) is 65.7 Å². The zero-order valence-electron chi connectivity index (χ0n) is 14.1. The van der Waals surface area contributed by atoms with E-state index >= 15 is 0 Å². The van der Waals surface area contributed by atoms with Gasteiger partial charge in [-0.2, -0.15) is 0 Å². The summed E-state index contributed by atoms with van der Waals surface area (Å²) < 4.78 is 0. The average Bonchev–Trinajstić information content (AvgIpc) is 2.33. The first-order valence-corrected chi connectivity index (χ1v) is 8.88. The first-order valence-electron chi connectivity index (χ1n) is 8.88. The van der Waals surface area contributed by atoms with Crippen LogP contribution in [0.3, 0.4) is 0 Å². The molecule has 0 aromatic carbocycles. The Morgan fingerprint density at radius 2 is 1.67 bits per heavy atom. The van der Waals surface area contributed by atoms with E-state index in [1.165, 1.54) is 19.3 Å². The lowest BCUT2D eigenvalue weighted by atomic mass is 9.40. The van der Waals surface area contributed by atoms with E-state index in [0.717, 1.165) is 51.2 Å². The molecule has 2 unspecified atom stereocenters. The molecule has 4 aliphatic carbocycles. The number of carbonyl (C=O) groups excluding carboxylic acids is 1. The largest absolute Gasteiger partial charge is 0.354 e. The molecule has 0 spiro atoms. The summed E-state index contributed by atoms with van der Waals surface area (Å²) in [6, 6.07) is 0. The minimum absolute atomic E-state index is 0.0479. The molecule has 0 aromatic rings. The molecular weight excluding hydrogens is 260 g/mol. The normalized spacial score (nSPS) is 44.0. The fraction of sp³-hybridized carbons (Fsp3) is 0.944. The molecule has 4 saturated carbocycles. The lowest BCUT2D eigenvalue weighted by molar-refractivity contribution is -0.170. The topological polar surface area (TPSA) is 41.1 Å². The van der Waals surface area contributed by atoms with Crippen molar-refractivity contribution in [1.29, 1.82) is 0 Å². The number of carbonyl (C=O) groups is 1. The smallest absolute Gasteiger partial charge is 0.226 e. The van der Waals surface area contributed by atoms with Gasteiger partial charge in [0.15, 0.2) is 0 Å². The van der Waals surface area contributed by atoms with E-state index in [-0.39, 0.29) is 5.41 Å². The monoisotopic (exact) mass is 292 g/mol. The molecule has 21 heavy (non-hydrogen) atoms. The van der Waals surface area contributed by atoms with Gasteiger partial charge in [0.1, 0.15) is 0 Å². The zero-order valence-corrected chi connectivity index (χ0v) is 14.1. The van der Waals surface area contributed by atoms with E-state index in [1.54, 1.807) is 0 Å². The quantitative estimate of drug-likeness (QED) is 0.739. The van der Waals surface area contributed by atoms with Gasteiger partial charge in [-0.3, -0.25) is 4.79 Å². The highest BCUT2D eigenvalue weighted by molar-refractivity contribution is 5.83. The van der Waals surface area contributed by atoms with Crippen LogP contribution < -0.4 is 10.6 Å². The van der Waals surface area contributed by atoms with E-state index in [2.05, 4.69) is 31.4 Å².